The van der Waals surface area contributed by atoms with Gasteiger partial charge in [0.15, 0.2) is 6.61 Å². The minimum absolute atomic E-state index is 0.139. The first-order chi connectivity index (χ1) is 23.0. The fourth-order valence-corrected chi connectivity index (χ4v) is 5.77. The molecule has 1 saturated heterocycles. The number of aromatic nitrogens is 4. The normalized spacial score (nSPS) is 18.2. The second-order valence-electron chi connectivity index (χ2n) is 11.4. The molecule has 0 spiro atoms. The molecular weight excluding hydrogens is 598 g/mol. The van der Waals surface area contributed by atoms with Crippen molar-refractivity contribution in [1.82, 2.24) is 35.3 Å². The summed E-state index contributed by atoms with van der Waals surface area (Å²) in [6.07, 6.45) is 6.33. The second-order valence-corrected chi connectivity index (χ2v) is 11.4. The fourth-order valence-electron chi connectivity index (χ4n) is 5.77. The third kappa shape index (κ3) is 6.66. The van der Waals surface area contributed by atoms with Gasteiger partial charge in [0.1, 0.15) is 30.3 Å². The molecule has 0 radical (unpaired) electrons. The fraction of sp³-hybridized carbons (Fsp3) is 0.200. The number of nitrogens with zero attached hydrogens (tertiary/aromatic N) is 5. The third-order valence-corrected chi connectivity index (χ3v) is 8.22. The van der Waals surface area contributed by atoms with Gasteiger partial charge in [0.05, 0.1) is 22.9 Å². The summed E-state index contributed by atoms with van der Waals surface area (Å²) in [5.41, 5.74) is 3.89. The number of ether oxygens (including phenoxy) is 2. The number of para-hydroxylation sites is 1. The van der Waals surface area contributed by atoms with Crippen LogP contribution in [-0.2, 0) is 11.3 Å². The first-order valence-corrected chi connectivity index (χ1v) is 15.2. The third-order valence-electron chi connectivity index (χ3n) is 8.22. The van der Waals surface area contributed by atoms with Crippen LogP contribution in [0.15, 0.2) is 104 Å². The quantitative estimate of drug-likeness (QED) is 0.303. The summed E-state index contributed by atoms with van der Waals surface area (Å²) in [6, 6.07) is 23.2. The molecule has 2 N–H and O–H groups in total. The Morgan fingerprint density at radius 3 is 2.51 bits per heavy atom. The van der Waals surface area contributed by atoms with E-state index in [9.17, 15) is 14.4 Å². The molecule has 0 unspecified atom stereocenters. The van der Waals surface area contributed by atoms with E-state index >= 15 is 0 Å². The zero-order valence-corrected chi connectivity index (χ0v) is 25.3. The van der Waals surface area contributed by atoms with Crippen LogP contribution in [0.4, 0.5) is 0 Å². The number of benzene rings is 3. The van der Waals surface area contributed by atoms with Gasteiger partial charge in [0.2, 0.25) is 0 Å². The number of likely N-dealkylation sites (tertiary alicyclic amines) is 1. The molecule has 12 heteroatoms. The average molecular weight is 630 g/mol. The van der Waals surface area contributed by atoms with Gasteiger partial charge in [-0.2, -0.15) is 0 Å². The van der Waals surface area contributed by atoms with Crippen molar-refractivity contribution in [2.45, 2.75) is 25.1 Å². The number of hydrogen-bond donors (Lipinski definition) is 2. The Balaban J connectivity index is 1.19. The molecule has 236 valence electrons. The van der Waals surface area contributed by atoms with Gasteiger partial charge in [-0.3, -0.25) is 23.9 Å². The lowest BCUT2D eigenvalue weighted by molar-refractivity contribution is -0.123. The van der Waals surface area contributed by atoms with E-state index in [1.807, 2.05) is 54.6 Å². The molecule has 5 aromatic rings. The molecule has 1 fully saturated rings. The van der Waals surface area contributed by atoms with E-state index in [0.29, 0.717) is 53.4 Å². The Hall–Kier alpha value is -6.04. The molecule has 8 rings (SSSR count). The van der Waals surface area contributed by atoms with Crippen LogP contribution in [0.1, 0.15) is 32.7 Å². The average Bonchev–Trinajstić information content (AvgIpc) is 3.66. The summed E-state index contributed by atoms with van der Waals surface area (Å²) < 4.78 is 13.9. The lowest BCUT2D eigenvalue weighted by Gasteiger charge is -2.39. The van der Waals surface area contributed by atoms with Crippen molar-refractivity contribution in [3.05, 3.63) is 121 Å². The predicted octanol–water partition coefficient (Wildman–Crippen LogP) is 3.43. The van der Waals surface area contributed by atoms with Crippen molar-refractivity contribution >= 4 is 17.7 Å². The van der Waals surface area contributed by atoms with Crippen LogP contribution in [0.3, 0.4) is 0 Å². The topological polar surface area (TPSA) is 141 Å². The minimum Gasteiger partial charge on any atom is -0.488 e. The van der Waals surface area contributed by atoms with Crippen LogP contribution < -0.4 is 20.1 Å². The van der Waals surface area contributed by atoms with Gasteiger partial charge < -0.3 is 25.0 Å². The largest absolute Gasteiger partial charge is 0.488 e. The van der Waals surface area contributed by atoms with Crippen molar-refractivity contribution in [2.75, 3.05) is 19.7 Å². The van der Waals surface area contributed by atoms with Crippen LogP contribution in [-0.4, -0.2) is 74.2 Å². The molecule has 47 heavy (non-hydrogen) atoms. The van der Waals surface area contributed by atoms with Gasteiger partial charge in [-0.1, -0.05) is 36.4 Å². The summed E-state index contributed by atoms with van der Waals surface area (Å²) >= 11 is 0. The van der Waals surface area contributed by atoms with Crippen molar-refractivity contribution in [2.24, 2.45) is 0 Å². The summed E-state index contributed by atoms with van der Waals surface area (Å²) in [5, 5.41) is 13.8. The summed E-state index contributed by atoms with van der Waals surface area (Å²) in [4.78, 5) is 46.2. The number of piperidine rings is 1. The molecule has 12 nitrogen and oxygen atoms in total. The highest BCUT2D eigenvalue weighted by atomic mass is 16.5. The van der Waals surface area contributed by atoms with Crippen molar-refractivity contribution < 1.29 is 23.9 Å². The minimum atomic E-state index is -0.535. The molecule has 6 bridgehead atoms. The smallest absolute Gasteiger partial charge is 0.258 e. The number of carbonyl (C=O) groups excluding carboxylic acids is 3. The number of pyridine rings is 1. The monoisotopic (exact) mass is 629 g/mol. The molecule has 3 aliphatic rings. The predicted molar refractivity (Wildman–Crippen MR) is 171 cm³/mol. The van der Waals surface area contributed by atoms with Crippen molar-refractivity contribution in [3.8, 4) is 28.3 Å². The molecule has 2 aromatic heterocycles. The maximum Gasteiger partial charge on any atom is 0.258 e. The number of nitrogens with one attached hydrogen (secondary N) is 2. The van der Waals surface area contributed by atoms with Gasteiger partial charge in [-0.05, 0) is 53.6 Å². The van der Waals surface area contributed by atoms with E-state index in [2.05, 4.69) is 25.8 Å². The van der Waals surface area contributed by atoms with E-state index in [1.165, 1.54) is 6.20 Å². The number of carbonyl (C=O) groups is 3. The lowest BCUT2D eigenvalue weighted by atomic mass is 9.99. The van der Waals surface area contributed by atoms with Gasteiger partial charge in [-0.15, -0.1) is 10.2 Å². The van der Waals surface area contributed by atoms with E-state index in [4.69, 9.17) is 9.47 Å². The Labute approximate surface area is 270 Å². The maximum absolute atomic E-state index is 13.9. The van der Waals surface area contributed by atoms with Gasteiger partial charge in [0.25, 0.3) is 17.7 Å². The van der Waals surface area contributed by atoms with Crippen molar-refractivity contribution in [3.63, 3.8) is 0 Å². The maximum atomic E-state index is 13.9. The summed E-state index contributed by atoms with van der Waals surface area (Å²) in [5.74, 6) is 0.363. The Bertz CT molecular complexity index is 1910. The van der Waals surface area contributed by atoms with E-state index < -0.39 is 12.1 Å². The first kappa shape index (κ1) is 29.7. The van der Waals surface area contributed by atoms with Crippen LogP contribution in [0.5, 0.6) is 11.5 Å². The molecule has 3 aromatic carbocycles. The highest BCUT2D eigenvalue weighted by Gasteiger charge is 2.35. The number of fused-ring (bicyclic) bond motifs is 7. The van der Waals surface area contributed by atoms with E-state index in [1.54, 1.807) is 52.6 Å². The van der Waals surface area contributed by atoms with Gasteiger partial charge in [-0.25, -0.2) is 0 Å². The molecule has 3 aliphatic heterocycles. The van der Waals surface area contributed by atoms with E-state index in [0.717, 1.165) is 11.1 Å². The Kier molecular flexibility index (Phi) is 8.29. The van der Waals surface area contributed by atoms with Crippen molar-refractivity contribution in [1.29, 1.82) is 0 Å². The van der Waals surface area contributed by atoms with Gasteiger partial charge in [0, 0.05) is 44.0 Å². The standard InChI is InChI=1S/C35H31N7O5/c43-33-20-46-28-5-3-4-24(15-28)25-14-26(18-36-17-25)34(44)40-30-19-41(13-12-32(30)47-27-10-8-23(9-11-27)16-37-33)35(45)29-6-1-2-7-31(29)42-21-38-39-22-42/h1-11,14-15,17-18,21-22,30,32H,12-13,16,19-20H2,(H,37,43)(H,40,44)/t30-,32+/m1/s1. The molecule has 0 aliphatic carbocycles. The molecular formula is C35H31N7O5. The van der Waals surface area contributed by atoms with E-state index in [-0.39, 0.29) is 30.9 Å². The number of rotatable bonds is 2. The zero-order chi connectivity index (χ0) is 32.2. The van der Waals surface area contributed by atoms with Crippen LogP contribution in [0.2, 0.25) is 0 Å². The van der Waals surface area contributed by atoms with Crippen LogP contribution >= 0.6 is 0 Å². The summed E-state index contributed by atoms with van der Waals surface area (Å²) in [6.45, 7) is 0.839. The summed E-state index contributed by atoms with van der Waals surface area (Å²) in [7, 11) is 0. The first-order valence-electron chi connectivity index (χ1n) is 15.2. The highest BCUT2D eigenvalue weighted by molar-refractivity contribution is 5.98. The molecule has 3 amide bonds. The second kappa shape index (κ2) is 13.1. The SMILES string of the molecule is O=C1COc2cccc(c2)-c2cncc(c2)C(=O)N[C@@H]2CN(C(=O)c3ccccc3-n3cnnc3)CC[C@@H]2Oc2ccc(cc2)CN1. The zero-order valence-electron chi connectivity index (χ0n) is 25.3. The number of amides is 3. The molecule has 2 atom stereocenters. The Morgan fingerprint density at radius 2 is 1.66 bits per heavy atom. The Morgan fingerprint density at radius 1 is 0.851 bits per heavy atom. The number of hydrogen-bond acceptors (Lipinski definition) is 8. The molecule has 0 saturated carbocycles. The lowest BCUT2D eigenvalue weighted by Crippen LogP contribution is -2.58. The molecule has 5 heterocycles. The van der Waals surface area contributed by atoms with Crippen LogP contribution in [0.25, 0.3) is 16.8 Å². The van der Waals surface area contributed by atoms with Gasteiger partial charge >= 0.3 is 0 Å². The van der Waals surface area contributed by atoms with Crippen LogP contribution in [0, 0.1) is 0 Å². The highest BCUT2D eigenvalue weighted by Crippen LogP contribution is 2.26.